The molecule has 3 aromatic heterocycles. The fraction of sp³-hybridized carbons (Fsp3) is 0.0526. The van der Waals surface area contributed by atoms with Gasteiger partial charge in [0.15, 0.2) is 3.95 Å². The van der Waals surface area contributed by atoms with E-state index in [0.29, 0.717) is 16.2 Å². The molecule has 0 atom stereocenters. The van der Waals surface area contributed by atoms with Crippen LogP contribution in [0.1, 0.15) is 5.56 Å². The largest absolute Gasteiger partial charge is 0.420 e. The molecule has 0 saturated carbocycles. The van der Waals surface area contributed by atoms with Crippen molar-refractivity contribution in [1.82, 2.24) is 15.0 Å². The molecule has 1 aromatic carbocycles. The van der Waals surface area contributed by atoms with E-state index in [1.807, 2.05) is 30.3 Å². The summed E-state index contributed by atoms with van der Waals surface area (Å²) >= 11 is 6.68. The second-order valence-electron chi connectivity index (χ2n) is 5.69. The number of benzene rings is 1. The van der Waals surface area contributed by atoms with Gasteiger partial charge in [0.05, 0.1) is 16.8 Å². The summed E-state index contributed by atoms with van der Waals surface area (Å²) in [5.74, 6) is 0.438. The number of aromatic nitrogens is 3. The predicted molar refractivity (Wildman–Crippen MR) is 108 cm³/mol. The molecule has 8 heteroatoms. The summed E-state index contributed by atoms with van der Waals surface area (Å²) in [6.45, 7) is 0.355. The number of nitrogens with one attached hydrogen (secondary N) is 1. The van der Waals surface area contributed by atoms with Crippen LogP contribution in [0.3, 0.4) is 0 Å². The minimum Gasteiger partial charge on any atom is -0.410 e. The van der Waals surface area contributed by atoms with Gasteiger partial charge in [0.25, 0.3) is 0 Å². The van der Waals surface area contributed by atoms with E-state index in [2.05, 4.69) is 15.0 Å². The zero-order valence-electron chi connectivity index (χ0n) is 14.0. The molecule has 0 radical (unpaired) electrons. The van der Waals surface area contributed by atoms with Crippen molar-refractivity contribution in [3.63, 3.8) is 0 Å². The monoisotopic (exact) mass is 394 g/mol. The summed E-state index contributed by atoms with van der Waals surface area (Å²) in [6, 6.07) is 12.7. The molecule has 0 aliphatic carbocycles. The number of carbonyl (C=O) groups is 1. The maximum absolute atomic E-state index is 12.9. The fourth-order valence-corrected chi connectivity index (χ4v) is 3.74. The first-order valence-electron chi connectivity index (χ1n) is 8.10. The third-order valence-electron chi connectivity index (χ3n) is 3.88. The molecule has 0 aliphatic rings. The van der Waals surface area contributed by atoms with E-state index < -0.39 is 6.09 Å². The number of hydrogen-bond donors (Lipinski definition) is 1. The molecular weight excluding hydrogens is 380 g/mol. The lowest BCUT2D eigenvalue weighted by molar-refractivity contribution is 0.207. The van der Waals surface area contributed by atoms with E-state index in [1.165, 1.54) is 11.3 Å². The van der Waals surface area contributed by atoms with Crippen LogP contribution in [0.4, 0.5) is 10.5 Å². The summed E-state index contributed by atoms with van der Waals surface area (Å²) in [5.41, 5.74) is 2.61. The van der Waals surface area contributed by atoms with Crippen LogP contribution < -0.4 is 9.64 Å². The number of rotatable bonds is 4. The topological polar surface area (TPSA) is 71.1 Å². The molecule has 0 saturated heterocycles. The molecule has 0 aliphatic heterocycles. The summed E-state index contributed by atoms with van der Waals surface area (Å²) in [6.07, 6.45) is 6.07. The summed E-state index contributed by atoms with van der Waals surface area (Å²) in [5, 5.41) is 0. The Hall–Kier alpha value is -3.10. The number of nitrogens with zero attached hydrogens (tertiary/aromatic N) is 3. The van der Waals surface area contributed by atoms with Crippen LogP contribution in [0.2, 0.25) is 0 Å². The van der Waals surface area contributed by atoms with Crippen molar-refractivity contribution in [1.29, 1.82) is 0 Å². The van der Waals surface area contributed by atoms with Gasteiger partial charge in [-0.2, -0.15) is 0 Å². The van der Waals surface area contributed by atoms with Crippen molar-refractivity contribution < 1.29 is 9.53 Å². The van der Waals surface area contributed by atoms with Gasteiger partial charge in [0.1, 0.15) is 5.75 Å². The van der Waals surface area contributed by atoms with Crippen molar-refractivity contribution in [3.05, 3.63) is 76.8 Å². The van der Waals surface area contributed by atoms with E-state index in [0.717, 1.165) is 21.5 Å². The van der Waals surface area contributed by atoms with Crippen LogP contribution in [0, 0.1) is 3.95 Å². The van der Waals surface area contributed by atoms with Gasteiger partial charge in [-0.05, 0) is 60.2 Å². The minimum absolute atomic E-state index is 0.355. The van der Waals surface area contributed by atoms with E-state index in [1.54, 1.807) is 41.8 Å². The zero-order chi connectivity index (χ0) is 18.6. The molecule has 4 aromatic rings. The van der Waals surface area contributed by atoms with E-state index in [-0.39, 0.29) is 0 Å². The van der Waals surface area contributed by atoms with E-state index >= 15 is 0 Å². The first-order chi connectivity index (χ1) is 13.2. The first-order valence-corrected chi connectivity index (χ1v) is 9.33. The Kier molecular flexibility index (Phi) is 4.91. The van der Waals surface area contributed by atoms with Gasteiger partial charge >= 0.3 is 6.09 Å². The normalized spacial score (nSPS) is 10.7. The quantitative estimate of drug-likeness (QED) is 0.496. The molecule has 27 heavy (non-hydrogen) atoms. The Balaban J connectivity index is 1.69. The maximum atomic E-state index is 12.9. The number of fused-ring (bicyclic) bond motifs is 1. The number of thiazole rings is 1. The second kappa shape index (κ2) is 7.65. The van der Waals surface area contributed by atoms with Crippen LogP contribution in [0.25, 0.3) is 10.2 Å². The molecule has 3 heterocycles. The SMILES string of the molecule is O=C(Oc1ccncc1)N(Cc1ccncc1)c1ccc2[nH]c(=S)sc2c1. The molecule has 1 N–H and O–H groups in total. The second-order valence-corrected chi connectivity index (χ2v) is 7.41. The van der Waals surface area contributed by atoms with Crippen molar-refractivity contribution in [2.45, 2.75) is 6.54 Å². The van der Waals surface area contributed by atoms with Crippen LogP contribution in [0.5, 0.6) is 5.75 Å². The average Bonchev–Trinajstić information content (AvgIpc) is 3.07. The highest BCUT2D eigenvalue weighted by Gasteiger charge is 2.19. The van der Waals surface area contributed by atoms with E-state index in [4.69, 9.17) is 17.0 Å². The molecule has 0 bridgehead atoms. The molecule has 0 fully saturated rings. The Morgan fingerprint density at radius 2 is 1.78 bits per heavy atom. The molecule has 0 spiro atoms. The Morgan fingerprint density at radius 3 is 2.52 bits per heavy atom. The maximum Gasteiger partial charge on any atom is 0.420 e. The lowest BCUT2D eigenvalue weighted by atomic mass is 10.2. The van der Waals surface area contributed by atoms with Gasteiger partial charge in [-0.15, -0.1) is 11.3 Å². The van der Waals surface area contributed by atoms with Crippen LogP contribution in [0.15, 0.2) is 67.3 Å². The molecule has 4 rings (SSSR count). The van der Waals surface area contributed by atoms with E-state index in [9.17, 15) is 4.79 Å². The highest BCUT2D eigenvalue weighted by Crippen LogP contribution is 2.27. The van der Waals surface area contributed by atoms with Gasteiger partial charge in [-0.3, -0.25) is 14.9 Å². The fourth-order valence-electron chi connectivity index (χ4n) is 2.60. The van der Waals surface area contributed by atoms with Crippen LogP contribution in [-0.2, 0) is 6.54 Å². The Bertz CT molecular complexity index is 1130. The van der Waals surface area contributed by atoms with Crippen molar-refractivity contribution in [2.24, 2.45) is 0 Å². The van der Waals surface area contributed by atoms with Crippen molar-refractivity contribution in [2.75, 3.05) is 4.90 Å². The standard InChI is InChI=1S/C19H14N4O2S2/c24-19(25-15-5-9-21-10-6-15)23(12-13-3-7-20-8-4-13)14-1-2-16-17(11-14)27-18(26)22-16/h1-11H,12H2,(H,22,26). The highest BCUT2D eigenvalue weighted by molar-refractivity contribution is 7.73. The predicted octanol–water partition coefficient (Wildman–Crippen LogP) is 4.95. The molecule has 0 unspecified atom stereocenters. The number of anilines is 1. The number of carbonyl (C=O) groups excluding carboxylic acids is 1. The number of pyridine rings is 2. The third kappa shape index (κ3) is 4.02. The van der Waals surface area contributed by atoms with Gasteiger partial charge in [0.2, 0.25) is 0 Å². The minimum atomic E-state index is -0.475. The molecular formula is C19H14N4O2S2. The highest BCUT2D eigenvalue weighted by atomic mass is 32.1. The number of amides is 1. The number of H-pyrrole nitrogens is 1. The van der Waals surface area contributed by atoms with Gasteiger partial charge < -0.3 is 9.72 Å². The summed E-state index contributed by atoms with van der Waals surface area (Å²) < 4.78 is 7.20. The number of hydrogen-bond acceptors (Lipinski definition) is 6. The van der Waals surface area contributed by atoms with Crippen molar-refractivity contribution >= 4 is 45.6 Å². The lowest BCUT2D eigenvalue weighted by Crippen LogP contribution is -2.33. The smallest absolute Gasteiger partial charge is 0.410 e. The van der Waals surface area contributed by atoms with Crippen LogP contribution >= 0.6 is 23.6 Å². The van der Waals surface area contributed by atoms with Gasteiger partial charge in [0, 0.05) is 30.5 Å². The Morgan fingerprint density at radius 1 is 1.07 bits per heavy atom. The van der Waals surface area contributed by atoms with Gasteiger partial charge in [-0.25, -0.2) is 4.79 Å². The summed E-state index contributed by atoms with van der Waals surface area (Å²) in [7, 11) is 0. The van der Waals surface area contributed by atoms with Gasteiger partial charge in [-0.1, -0.05) is 0 Å². The number of ether oxygens (including phenoxy) is 1. The molecule has 6 nitrogen and oxygen atoms in total. The van der Waals surface area contributed by atoms with Crippen LogP contribution in [-0.4, -0.2) is 21.0 Å². The molecule has 1 amide bonds. The summed E-state index contributed by atoms with van der Waals surface area (Å²) in [4.78, 5) is 25.6. The Labute approximate surface area is 164 Å². The zero-order valence-corrected chi connectivity index (χ0v) is 15.7. The first kappa shape index (κ1) is 17.3. The lowest BCUT2D eigenvalue weighted by Gasteiger charge is -2.22. The third-order valence-corrected chi connectivity index (χ3v) is 5.08. The average molecular weight is 394 g/mol. The number of aromatic amines is 1. The molecule has 134 valence electrons. The van der Waals surface area contributed by atoms with Crippen molar-refractivity contribution in [3.8, 4) is 5.75 Å².